The van der Waals surface area contributed by atoms with Crippen LogP contribution in [0.1, 0.15) is 29.5 Å². The van der Waals surface area contributed by atoms with Crippen molar-refractivity contribution in [2.75, 3.05) is 20.6 Å². The highest BCUT2D eigenvalue weighted by molar-refractivity contribution is 14.0. The number of rotatable bonds is 6. The number of carbonyl (C=O) groups is 1. The predicted octanol–water partition coefficient (Wildman–Crippen LogP) is 4.29. The second kappa shape index (κ2) is 11.4. The van der Waals surface area contributed by atoms with Gasteiger partial charge in [0, 0.05) is 51.7 Å². The third-order valence-electron chi connectivity index (χ3n) is 4.98. The molecular weight excluding hydrogens is 499 g/mol. The summed E-state index contributed by atoms with van der Waals surface area (Å²) in [6.07, 6.45) is 1.30. The van der Waals surface area contributed by atoms with E-state index in [1.54, 1.807) is 7.05 Å². The number of hydrogen-bond donors (Lipinski definition) is 1. The SMILES string of the molecule is CN=C(NCCCC(=O)N1Cc2ccccc2C1)N(C)Cc1ccccc1Cl.I. The Morgan fingerprint density at radius 1 is 1.14 bits per heavy atom. The van der Waals surface area contributed by atoms with Crippen molar-refractivity contribution in [3.63, 3.8) is 0 Å². The molecule has 0 aliphatic carbocycles. The van der Waals surface area contributed by atoms with Crippen LogP contribution in [0.2, 0.25) is 5.02 Å². The van der Waals surface area contributed by atoms with Crippen LogP contribution in [0, 0.1) is 0 Å². The minimum atomic E-state index is 0. The molecular formula is C22H28ClIN4O. The maximum absolute atomic E-state index is 12.5. The number of amides is 1. The Bertz CT molecular complexity index is 833. The lowest BCUT2D eigenvalue weighted by Gasteiger charge is -2.23. The molecule has 29 heavy (non-hydrogen) atoms. The van der Waals surface area contributed by atoms with E-state index in [1.807, 2.05) is 53.2 Å². The van der Waals surface area contributed by atoms with Crippen molar-refractivity contribution in [1.29, 1.82) is 0 Å². The number of carbonyl (C=O) groups excluding carboxylic acids is 1. The Balaban J connectivity index is 0.00000300. The number of guanidine groups is 1. The smallest absolute Gasteiger partial charge is 0.223 e. The molecule has 0 unspecified atom stereocenters. The molecule has 7 heteroatoms. The van der Waals surface area contributed by atoms with Crippen LogP contribution in [-0.4, -0.2) is 42.3 Å². The summed E-state index contributed by atoms with van der Waals surface area (Å²) in [6, 6.07) is 16.1. The third-order valence-corrected chi connectivity index (χ3v) is 5.35. The van der Waals surface area contributed by atoms with Crippen molar-refractivity contribution in [2.24, 2.45) is 4.99 Å². The van der Waals surface area contributed by atoms with E-state index in [0.717, 1.165) is 36.1 Å². The topological polar surface area (TPSA) is 47.9 Å². The third kappa shape index (κ3) is 6.34. The molecule has 1 amide bonds. The van der Waals surface area contributed by atoms with Crippen molar-refractivity contribution >= 4 is 47.4 Å². The average Bonchev–Trinajstić information content (AvgIpc) is 3.14. The van der Waals surface area contributed by atoms with Crippen LogP contribution in [0.25, 0.3) is 0 Å². The minimum absolute atomic E-state index is 0. The maximum Gasteiger partial charge on any atom is 0.223 e. The Hall–Kier alpha value is -1.80. The summed E-state index contributed by atoms with van der Waals surface area (Å²) in [5.41, 5.74) is 3.57. The van der Waals surface area contributed by atoms with Crippen LogP contribution in [0.5, 0.6) is 0 Å². The summed E-state index contributed by atoms with van der Waals surface area (Å²) in [5.74, 6) is 0.998. The quantitative estimate of drug-likeness (QED) is 0.264. The number of benzene rings is 2. The summed E-state index contributed by atoms with van der Waals surface area (Å²) in [7, 11) is 3.74. The first-order valence-corrected chi connectivity index (χ1v) is 9.96. The van der Waals surface area contributed by atoms with Gasteiger partial charge in [-0.25, -0.2) is 0 Å². The summed E-state index contributed by atoms with van der Waals surface area (Å²) in [6.45, 7) is 2.83. The average molecular weight is 527 g/mol. The molecule has 156 valence electrons. The van der Waals surface area contributed by atoms with E-state index in [0.29, 0.717) is 19.5 Å². The van der Waals surface area contributed by atoms with Crippen LogP contribution in [-0.2, 0) is 24.4 Å². The lowest BCUT2D eigenvalue weighted by atomic mass is 10.1. The Morgan fingerprint density at radius 2 is 1.76 bits per heavy atom. The summed E-state index contributed by atoms with van der Waals surface area (Å²) in [5, 5.41) is 4.09. The molecule has 1 aliphatic heterocycles. The zero-order chi connectivity index (χ0) is 19.9. The molecule has 1 N–H and O–H groups in total. The number of halogens is 2. The molecule has 0 fully saturated rings. The van der Waals surface area contributed by atoms with Gasteiger partial charge in [-0.1, -0.05) is 54.1 Å². The van der Waals surface area contributed by atoms with Crippen molar-refractivity contribution < 1.29 is 4.79 Å². The highest BCUT2D eigenvalue weighted by atomic mass is 127. The van der Waals surface area contributed by atoms with Crippen molar-refractivity contribution in [3.05, 3.63) is 70.2 Å². The fourth-order valence-electron chi connectivity index (χ4n) is 3.45. The highest BCUT2D eigenvalue weighted by Gasteiger charge is 2.22. The van der Waals surface area contributed by atoms with Gasteiger partial charge in [0.15, 0.2) is 5.96 Å². The van der Waals surface area contributed by atoms with E-state index >= 15 is 0 Å². The van der Waals surface area contributed by atoms with Crippen molar-refractivity contribution in [2.45, 2.75) is 32.5 Å². The Labute approximate surface area is 195 Å². The molecule has 0 spiro atoms. The van der Waals surface area contributed by atoms with Gasteiger partial charge in [-0.15, -0.1) is 24.0 Å². The first-order valence-electron chi connectivity index (χ1n) is 9.58. The molecule has 2 aromatic carbocycles. The first kappa shape index (κ1) is 23.5. The molecule has 3 rings (SSSR count). The minimum Gasteiger partial charge on any atom is -0.356 e. The lowest BCUT2D eigenvalue weighted by Crippen LogP contribution is -2.39. The lowest BCUT2D eigenvalue weighted by molar-refractivity contribution is -0.131. The van der Waals surface area contributed by atoms with Crippen LogP contribution >= 0.6 is 35.6 Å². The van der Waals surface area contributed by atoms with Gasteiger partial charge in [0.05, 0.1) is 0 Å². The van der Waals surface area contributed by atoms with Gasteiger partial charge in [-0.05, 0) is 29.2 Å². The number of fused-ring (bicyclic) bond motifs is 1. The number of aliphatic imine (C=N–C) groups is 1. The molecule has 0 aromatic heterocycles. The molecule has 0 saturated heterocycles. The Morgan fingerprint density at radius 3 is 2.38 bits per heavy atom. The van der Waals surface area contributed by atoms with Gasteiger partial charge in [0.25, 0.3) is 0 Å². The number of hydrogen-bond acceptors (Lipinski definition) is 2. The van der Waals surface area contributed by atoms with E-state index in [2.05, 4.69) is 22.4 Å². The zero-order valence-electron chi connectivity index (χ0n) is 16.9. The zero-order valence-corrected chi connectivity index (χ0v) is 20.0. The first-order chi connectivity index (χ1) is 13.6. The standard InChI is InChI=1S/C22H27ClN4O.HI/c1-24-22(26(2)14-19-10-5-6-11-20(19)23)25-13-7-12-21(28)27-15-17-8-3-4-9-18(17)16-27;/h3-6,8-11H,7,12-16H2,1-2H3,(H,24,25);1H. The molecule has 0 bridgehead atoms. The fraction of sp³-hybridized carbons (Fsp3) is 0.364. The second-order valence-corrected chi connectivity index (χ2v) is 7.45. The molecule has 1 heterocycles. The molecule has 1 aliphatic rings. The molecule has 0 atom stereocenters. The van der Waals surface area contributed by atoms with Gasteiger partial charge >= 0.3 is 0 Å². The monoisotopic (exact) mass is 526 g/mol. The van der Waals surface area contributed by atoms with Gasteiger partial charge < -0.3 is 15.1 Å². The van der Waals surface area contributed by atoms with Gasteiger partial charge in [0.1, 0.15) is 0 Å². The van der Waals surface area contributed by atoms with E-state index in [-0.39, 0.29) is 29.9 Å². The number of nitrogens with one attached hydrogen (secondary N) is 1. The van der Waals surface area contributed by atoms with Crippen LogP contribution in [0.4, 0.5) is 0 Å². The fourth-order valence-corrected chi connectivity index (χ4v) is 3.64. The van der Waals surface area contributed by atoms with Gasteiger partial charge in [0.2, 0.25) is 5.91 Å². The van der Waals surface area contributed by atoms with Crippen molar-refractivity contribution in [3.8, 4) is 0 Å². The largest absolute Gasteiger partial charge is 0.356 e. The van der Waals surface area contributed by atoms with Crippen LogP contribution in [0.3, 0.4) is 0 Å². The van der Waals surface area contributed by atoms with Crippen molar-refractivity contribution in [1.82, 2.24) is 15.1 Å². The predicted molar refractivity (Wildman–Crippen MR) is 130 cm³/mol. The van der Waals surface area contributed by atoms with E-state index in [4.69, 9.17) is 11.6 Å². The van der Waals surface area contributed by atoms with Crippen LogP contribution in [0.15, 0.2) is 53.5 Å². The summed E-state index contributed by atoms with van der Waals surface area (Å²) >= 11 is 6.24. The Kier molecular flexibility index (Phi) is 9.23. The van der Waals surface area contributed by atoms with Gasteiger partial charge in [-0.3, -0.25) is 9.79 Å². The second-order valence-electron chi connectivity index (χ2n) is 7.04. The van der Waals surface area contributed by atoms with E-state index in [9.17, 15) is 4.79 Å². The molecule has 0 saturated carbocycles. The highest BCUT2D eigenvalue weighted by Crippen LogP contribution is 2.23. The molecule has 2 aromatic rings. The number of nitrogens with zero attached hydrogens (tertiary/aromatic N) is 3. The molecule has 5 nitrogen and oxygen atoms in total. The van der Waals surface area contributed by atoms with Gasteiger partial charge in [-0.2, -0.15) is 0 Å². The summed E-state index contributed by atoms with van der Waals surface area (Å²) < 4.78 is 0. The van der Waals surface area contributed by atoms with E-state index in [1.165, 1.54) is 11.1 Å². The van der Waals surface area contributed by atoms with E-state index < -0.39 is 0 Å². The maximum atomic E-state index is 12.5. The van der Waals surface area contributed by atoms with Crippen LogP contribution < -0.4 is 5.32 Å². The molecule has 0 radical (unpaired) electrons. The normalized spacial score (nSPS) is 12.9. The summed E-state index contributed by atoms with van der Waals surface area (Å²) in [4.78, 5) is 20.8.